The van der Waals surface area contributed by atoms with E-state index in [1.807, 2.05) is 17.6 Å². The van der Waals surface area contributed by atoms with Crippen molar-refractivity contribution in [2.45, 2.75) is 26.3 Å². The molecule has 1 aliphatic heterocycles. The average molecular weight is 471 g/mol. The van der Waals surface area contributed by atoms with E-state index in [1.165, 1.54) is 12.7 Å². The Bertz CT molecular complexity index is 1310. The van der Waals surface area contributed by atoms with Crippen molar-refractivity contribution in [1.29, 1.82) is 0 Å². The van der Waals surface area contributed by atoms with Crippen LogP contribution in [0, 0.1) is 18.8 Å². The van der Waals surface area contributed by atoms with Crippen LogP contribution in [-0.4, -0.2) is 42.2 Å². The van der Waals surface area contributed by atoms with Crippen molar-refractivity contribution in [3.05, 3.63) is 83.1 Å². The summed E-state index contributed by atoms with van der Waals surface area (Å²) in [5.74, 6) is 1.37. The van der Waals surface area contributed by atoms with Gasteiger partial charge in [0.2, 0.25) is 0 Å². The van der Waals surface area contributed by atoms with Crippen LogP contribution in [0.3, 0.4) is 0 Å². The topological polar surface area (TPSA) is 80.0 Å². The molecule has 1 unspecified atom stereocenters. The standard InChI is InChI=1S/C28H27N3O4/c1-17-4-6-18(7-5-17)16-31-26(19-8-9-19)30-23-12-11-21(15-22(23)28(31)33)29-27(32)20-10-13-24(34-2)25(14-20)35-3/h4-7,10-15,19,22H,8-9,16H2,1-3H3/p+1. The van der Waals surface area contributed by atoms with Gasteiger partial charge in [-0.2, -0.15) is 4.58 Å². The van der Waals surface area contributed by atoms with E-state index in [0.717, 1.165) is 30.0 Å². The van der Waals surface area contributed by atoms with E-state index >= 15 is 0 Å². The number of benzene rings is 2. The van der Waals surface area contributed by atoms with Crippen molar-refractivity contribution >= 4 is 23.4 Å². The number of methoxy groups -OCH3 is 2. The Labute approximate surface area is 204 Å². The van der Waals surface area contributed by atoms with Crippen LogP contribution >= 0.6 is 0 Å². The van der Waals surface area contributed by atoms with Crippen molar-refractivity contribution < 1.29 is 23.6 Å². The Morgan fingerprint density at radius 1 is 1.06 bits per heavy atom. The maximum atomic E-state index is 13.6. The third-order valence-electron chi connectivity index (χ3n) is 6.46. The fraction of sp³-hybridized carbons (Fsp3) is 0.286. The highest BCUT2D eigenvalue weighted by molar-refractivity contribution is 6.18. The number of amides is 2. The first kappa shape index (κ1) is 22.8. The normalized spacial score (nSPS) is 19.1. The Hall–Kier alpha value is -4.00. The maximum absolute atomic E-state index is 13.6. The van der Waals surface area contributed by atoms with E-state index in [9.17, 15) is 9.59 Å². The minimum atomic E-state index is -0.534. The van der Waals surface area contributed by atoms with Crippen LogP contribution in [0.5, 0.6) is 11.5 Å². The van der Waals surface area contributed by atoms with Gasteiger partial charge in [-0.15, -0.1) is 0 Å². The van der Waals surface area contributed by atoms with Gasteiger partial charge >= 0.3 is 11.7 Å². The summed E-state index contributed by atoms with van der Waals surface area (Å²) in [6.45, 7) is 2.54. The van der Waals surface area contributed by atoms with Crippen LogP contribution in [0.2, 0.25) is 0 Å². The largest absolute Gasteiger partial charge is 0.493 e. The van der Waals surface area contributed by atoms with Gasteiger partial charge in [0.05, 0.1) is 20.1 Å². The Balaban J connectivity index is 1.38. The van der Waals surface area contributed by atoms with E-state index in [2.05, 4.69) is 29.6 Å². The van der Waals surface area contributed by atoms with Crippen molar-refractivity contribution in [1.82, 2.24) is 5.32 Å². The zero-order valence-corrected chi connectivity index (χ0v) is 20.1. The quantitative estimate of drug-likeness (QED) is 0.624. The summed E-state index contributed by atoms with van der Waals surface area (Å²) in [6.07, 6.45) is 7.52. The molecule has 1 atom stereocenters. The third-order valence-corrected chi connectivity index (χ3v) is 6.46. The van der Waals surface area contributed by atoms with Crippen LogP contribution in [0.25, 0.3) is 0 Å². The molecular formula is C28H28N3O4+. The number of aliphatic imine (C=N–C) groups is 1. The summed E-state index contributed by atoms with van der Waals surface area (Å²) in [4.78, 5) is 31.4. The number of allylic oxidation sites excluding steroid dienone is 2. The second-order valence-electron chi connectivity index (χ2n) is 9.04. The second-order valence-corrected chi connectivity index (χ2v) is 9.04. The van der Waals surface area contributed by atoms with Gasteiger partial charge in [-0.1, -0.05) is 29.8 Å². The number of nitrogens with one attached hydrogen (secondary N) is 1. The minimum Gasteiger partial charge on any atom is -0.493 e. The molecule has 7 nitrogen and oxygen atoms in total. The number of nitrogens with zero attached hydrogens (tertiary/aromatic N) is 2. The van der Waals surface area contributed by atoms with Gasteiger partial charge in [0.25, 0.3) is 5.91 Å². The molecule has 3 aliphatic rings. The van der Waals surface area contributed by atoms with Gasteiger partial charge in [-0.05, 0) is 66.7 Å². The first-order valence-corrected chi connectivity index (χ1v) is 11.7. The molecule has 2 aromatic rings. The van der Waals surface area contributed by atoms with Crippen LogP contribution in [0.15, 0.2) is 71.4 Å². The summed E-state index contributed by atoms with van der Waals surface area (Å²) < 4.78 is 12.4. The van der Waals surface area contributed by atoms with Crippen LogP contribution < -0.4 is 14.8 Å². The van der Waals surface area contributed by atoms with Gasteiger partial charge in [-0.3, -0.25) is 4.79 Å². The molecule has 0 spiro atoms. The van der Waals surface area contributed by atoms with Gasteiger partial charge in [0, 0.05) is 11.3 Å². The Morgan fingerprint density at radius 2 is 1.80 bits per heavy atom. The number of rotatable bonds is 7. The molecule has 2 aliphatic carbocycles. The number of hydrogen-bond acceptors (Lipinski definition) is 5. The average Bonchev–Trinajstić information content (AvgIpc) is 3.72. The number of carbonyl (C=O) groups excluding carboxylic acids is 2. The van der Waals surface area contributed by atoms with Crippen molar-refractivity contribution in [3.8, 4) is 11.5 Å². The van der Waals surface area contributed by atoms with Gasteiger partial charge in [0.15, 0.2) is 17.2 Å². The minimum absolute atomic E-state index is 0.0142. The summed E-state index contributed by atoms with van der Waals surface area (Å²) in [6, 6.07) is 13.2. The smallest absolute Gasteiger partial charge is 0.325 e. The third kappa shape index (κ3) is 4.67. The van der Waals surface area contributed by atoms with Crippen LogP contribution in [0.1, 0.15) is 34.3 Å². The monoisotopic (exact) mass is 470 g/mol. The van der Waals surface area contributed by atoms with Gasteiger partial charge in [-0.25, -0.2) is 4.79 Å². The zero-order valence-electron chi connectivity index (χ0n) is 20.1. The molecule has 178 valence electrons. The van der Waals surface area contributed by atoms with E-state index in [-0.39, 0.29) is 11.8 Å². The lowest BCUT2D eigenvalue weighted by Crippen LogP contribution is -2.41. The molecule has 2 amide bonds. The van der Waals surface area contributed by atoms with E-state index < -0.39 is 5.92 Å². The predicted octanol–water partition coefficient (Wildman–Crippen LogP) is 3.81. The highest BCUT2D eigenvalue weighted by Gasteiger charge is 2.45. The first-order valence-electron chi connectivity index (χ1n) is 11.7. The zero-order chi connectivity index (χ0) is 24.5. The lowest BCUT2D eigenvalue weighted by Gasteiger charge is -2.20. The van der Waals surface area contributed by atoms with E-state index in [1.54, 1.807) is 37.5 Å². The molecule has 2 aromatic carbocycles. The fourth-order valence-electron chi connectivity index (χ4n) is 4.33. The van der Waals surface area contributed by atoms with Crippen LogP contribution in [-0.2, 0) is 11.3 Å². The highest BCUT2D eigenvalue weighted by atomic mass is 16.5. The Morgan fingerprint density at radius 3 is 2.49 bits per heavy atom. The van der Waals surface area contributed by atoms with Crippen LogP contribution in [0.4, 0.5) is 0 Å². The maximum Gasteiger partial charge on any atom is 0.325 e. The van der Waals surface area contributed by atoms with E-state index in [4.69, 9.17) is 14.5 Å². The predicted molar refractivity (Wildman–Crippen MR) is 133 cm³/mol. The van der Waals surface area contributed by atoms with Crippen molar-refractivity contribution in [2.75, 3.05) is 14.2 Å². The molecule has 0 saturated heterocycles. The molecule has 0 radical (unpaired) electrons. The number of ether oxygens (including phenoxy) is 2. The first-order chi connectivity index (χ1) is 17.0. The molecule has 1 saturated carbocycles. The number of fused-ring (bicyclic) bond motifs is 1. The number of aryl methyl sites for hydroxylation is 1. The molecular weight excluding hydrogens is 442 g/mol. The van der Waals surface area contributed by atoms with Gasteiger partial charge in [0.1, 0.15) is 12.5 Å². The molecule has 1 fully saturated rings. The summed E-state index contributed by atoms with van der Waals surface area (Å²) in [5.41, 5.74) is 3.96. The van der Waals surface area contributed by atoms with Crippen molar-refractivity contribution in [3.63, 3.8) is 0 Å². The SMILES string of the molecule is COc1ccc(C(=O)NC2=CC3C(=O)[N+](Cc4ccc(C)cc4)=C(C4CC4)N=C3C=C2)cc1OC. The summed E-state index contributed by atoms with van der Waals surface area (Å²) in [5, 5.41) is 2.90. The number of amidine groups is 1. The second kappa shape index (κ2) is 9.33. The molecule has 0 bridgehead atoms. The highest BCUT2D eigenvalue weighted by Crippen LogP contribution is 2.34. The molecule has 35 heavy (non-hydrogen) atoms. The van der Waals surface area contributed by atoms with E-state index in [0.29, 0.717) is 35.2 Å². The molecule has 1 N–H and O–H groups in total. The van der Waals surface area contributed by atoms with Gasteiger partial charge < -0.3 is 14.8 Å². The lowest BCUT2D eigenvalue weighted by molar-refractivity contribution is -0.469. The molecule has 5 rings (SSSR count). The van der Waals surface area contributed by atoms with Crippen molar-refractivity contribution in [2.24, 2.45) is 16.8 Å². The molecule has 7 heteroatoms. The fourth-order valence-corrected chi connectivity index (χ4v) is 4.33. The lowest BCUT2D eigenvalue weighted by atomic mass is 9.93. The molecule has 1 heterocycles. The number of carbonyl (C=O) groups is 2. The summed E-state index contributed by atoms with van der Waals surface area (Å²) >= 11 is 0. The summed E-state index contributed by atoms with van der Waals surface area (Å²) in [7, 11) is 3.07. The number of hydrogen-bond donors (Lipinski definition) is 1. The molecule has 0 aromatic heterocycles. The Kier molecular flexibility index (Phi) is 6.07.